The predicted octanol–water partition coefficient (Wildman–Crippen LogP) is 3.74. The maximum atomic E-state index is 13.1. The zero-order chi connectivity index (χ0) is 15.2. The van der Waals surface area contributed by atoms with E-state index < -0.39 is 11.7 Å². The van der Waals surface area contributed by atoms with Crippen LogP contribution in [0.25, 0.3) is 11.0 Å². The van der Waals surface area contributed by atoms with Crippen LogP contribution in [0.3, 0.4) is 0 Å². The zero-order valence-electron chi connectivity index (χ0n) is 11.9. The van der Waals surface area contributed by atoms with Crippen LogP contribution >= 0.6 is 0 Å². The van der Waals surface area contributed by atoms with E-state index in [1.165, 1.54) is 18.5 Å². The number of hydrogen-bond donors (Lipinski definition) is 0. The van der Waals surface area contributed by atoms with Gasteiger partial charge in [-0.15, -0.1) is 0 Å². The molecule has 3 rings (SSSR count). The van der Waals surface area contributed by atoms with E-state index in [0.29, 0.717) is 17.4 Å². The number of hydrogen-bond acceptors (Lipinski definition) is 3. The second kappa shape index (κ2) is 4.86. The smallest absolute Gasteiger partial charge is 0.369 e. The molecule has 3 nitrogen and oxygen atoms in total. The maximum Gasteiger partial charge on any atom is 0.418 e. The van der Waals surface area contributed by atoms with Gasteiger partial charge >= 0.3 is 6.18 Å². The minimum absolute atomic E-state index is 0.0743. The van der Waals surface area contributed by atoms with Crippen LogP contribution in [0.4, 0.5) is 18.9 Å². The molecule has 0 amide bonds. The van der Waals surface area contributed by atoms with Gasteiger partial charge in [0.15, 0.2) is 0 Å². The molecule has 1 unspecified atom stereocenters. The molecule has 112 valence electrons. The van der Waals surface area contributed by atoms with Crippen molar-refractivity contribution in [1.82, 2.24) is 9.97 Å². The number of fused-ring (bicyclic) bond motifs is 1. The van der Waals surface area contributed by atoms with Gasteiger partial charge in [0.25, 0.3) is 0 Å². The molecule has 0 bridgehead atoms. The Morgan fingerprint density at radius 2 is 1.57 bits per heavy atom. The number of nitrogens with zero attached hydrogens (tertiary/aromatic N) is 3. The zero-order valence-corrected chi connectivity index (χ0v) is 11.9. The SMILES string of the molecule is CC1CN(c2ccc(C(F)(F)F)c3nccnc23)C[C@H]1C. The quantitative estimate of drug-likeness (QED) is 0.802. The van der Waals surface area contributed by atoms with Crippen molar-refractivity contribution in [3.63, 3.8) is 0 Å². The largest absolute Gasteiger partial charge is 0.418 e. The molecule has 1 aromatic heterocycles. The van der Waals surface area contributed by atoms with Crippen molar-refractivity contribution in [3.8, 4) is 0 Å². The Morgan fingerprint density at radius 1 is 1.00 bits per heavy atom. The summed E-state index contributed by atoms with van der Waals surface area (Å²) >= 11 is 0. The summed E-state index contributed by atoms with van der Waals surface area (Å²) in [6.07, 6.45) is -1.68. The van der Waals surface area contributed by atoms with Crippen LogP contribution in [-0.2, 0) is 6.18 Å². The van der Waals surface area contributed by atoms with Gasteiger partial charge in [0.05, 0.1) is 11.3 Å². The Balaban J connectivity index is 2.14. The first-order valence-corrected chi connectivity index (χ1v) is 6.94. The molecule has 2 heterocycles. The molecule has 0 radical (unpaired) electrons. The summed E-state index contributed by atoms with van der Waals surface area (Å²) in [4.78, 5) is 10.2. The molecule has 6 heteroatoms. The molecule has 1 fully saturated rings. The molecular formula is C15H16F3N3. The van der Waals surface area contributed by atoms with Gasteiger partial charge in [0.2, 0.25) is 0 Å². The van der Waals surface area contributed by atoms with Crippen molar-refractivity contribution in [1.29, 1.82) is 0 Å². The molecule has 0 spiro atoms. The highest BCUT2D eigenvalue weighted by atomic mass is 19.4. The number of halogens is 3. The lowest BCUT2D eigenvalue weighted by Crippen LogP contribution is -2.20. The molecule has 2 aromatic rings. The standard InChI is InChI=1S/C15H16F3N3/c1-9-7-21(8-10(9)2)12-4-3-11(15(16,17)18)13-14(12)20-6-5-19-13/h3-6,9-10H,7-8H2,1-2H3/t9-,10?/m1/s1. The molecule has 2 atom stereocenters. The van der Waals surface area contributed by atoms with E-state index in [9.17, 15) is 13.2 Å². The van der Waals surface area contributed by atoms with Gasteiger partial charge in [-0.25, -0.2) is 0 Å². The molecule has 1 aliphatic heterocycles. The van der Waals surface area contributed by atoms with Crippen LogP contribution in [0.5, 0.6) is 0 Å². The highest BCUT2D eigenvalue weighted by Gasteiger charge is 2.35. The predicted molar refractivity (Wildman–Crippen MR) is 75.1 cm³/mol. The third-order valence-electron chi connectivity index (χ3n) is 4.24. The molecule has 21 heavy (non-hydrogen) atoms. The Morgan fingerprint density at radius 3 is 2.14 bits per heavy atom. The summed E-state index contributed by atoms with van der Waals surface area (Å²) in [5.41, 5.74) is 0.264. The van der Waals surface area contributed by atoms with Crippen LogP contribution in [0.15, 0.2) is 24.5 Å². The fourth-order valence-corrected chi connectivity index (χ4v) is 2.85. The monoisotopic (exact) mass is 295 g/mol. The van der Waals surface area contributed by atoms with Crippen molar-refractivity contribution < 1.29 is 13.2 Å². The Kier molecular flexibility index (Phi) is 3.26. The van der Waals surface area contributed by atoms with Crippen molar-refractivity contribution in [2.24, 2.45) is 11.8 Å². The van der Waals surface area contributed by atoms with E-state index in [2.05, 4.69) is 28.7 Å². The van der Waals surface area contributed by atoms with Gasteiger partial charge in [0, 0.05) is 25.5 Å². The van der Waals surface area contributed by atoms with Crippen LogP contribution in [0.1, 0.15) is 19.4 Å². The second-order valence-corrected chi connectivity index (χ2v) is 5.74. The summed E-state index contributed by atoms with van der Waals surface area (Å²) in [7, 11) is 0. The third kappa shape index (κ3) is 2.43. The molecule has 1 aliphatic rings. The van der Waals surface area contributed by atoms with Crippen LogP contribution in [0, 0.1) is 11.8 Å². The van der Waals surface area contributed by atoms with E-state index in [1.807, 2.05) is 0 Å². The van der Waals surface area contributed by atoms with Gasteiger partial charge in [-0.3, -0.25) is 9.97 Å². The Bertz CT molecular complexity index is 659. The first-order chi connectivity index (χ1) is 9.88. The number of rotatable bonds is 1. The third-order valence-corrected chi connectivity index (χ3v) is 4.24. The normalized spacial score (nSPS) is 23.0. The fraction of sp³-hybridized carbons (Fsp3) is 0.467. The van der Waals surface area contributed by atoms with E-state index >= 15 is 0 Å². The minimum Gasteiger partial charge on any atom is -0.369 e. The number of alkyl halides is 3. The highest BCUT2D eigenvalue weighted by Crippen LogP contribution is 2.38. The maximum absolute atomic E-state index is 13.1. The average molecular weight is 295 g/mol. The van der Waals surface area contributed by atoms with Gasteiger partial charge in [0.1, 0.15) is 11.0 Å². The van der Waals surface area contributed by atoms with E-state index in [4.69, 9.17) is 0 Å². The first-order valence-electron chi connectivity index (χ1n) is 6.94. The number of aromatic nitrogens is 2. The van der Waals surface area contributed by atoms with Gasteiger partial charge in [-0.2, -0.15) is 13.2 Å². The highest BCUT2D eigenvalue weighted by molar-refractivity contribution is 5.90. The Labute approximate surface area is 120 Å². The molecule has 0 aliphatic carbocycles. The van der Waals surface area contributed by atoms with Crippen LogP contribution < -0.4 is 4.90 Å². The lowest BCUT2D eigenvalue weighted by Gasteiger charge is -2.21. The lowest BCUT2D eigenvalue weighted by atomic mass is 10.0. The van der Waals surface area contributed by atoms with Crippen molar-refractivity contribution in [2.75, 3.05) is 18.0 Å². The van der Waals surface area contributed by atoms with Gasteiger partial charge < -0.3 is 4.90 Å². The van der Waals surface area contributed by atoms with Gasteiger partial charge in [-0.1, -0.05) is 13.8 Å². The summed E-state index contributed by atoms with van der Waals surface area (Å²) in [5.74, 6) is 1.03. The van der Waals surface area contributed by atoms with E-state index in [0.717, 1.165) is 24.8 Å². The van der Waals surface area contributed by atoms with E-state index in [1.54, 1.807) is 0 Å². The van der Waals surface area contributed by atoms with Crippen molar-refractivity contribution in [2.45, 2.75) is 20.0 Å². The number of benzene rings is 1. The second-order valence-electron chi connectivity index (χ2n) is 5.74. The van der Waals surface area contributed by atoms with Crippen LogP contribution in [0.2, 0.25) is 0 Å². The molecule has 0 N–H and O–H groups in total. The number of anilines is 1. The Hall–Kier alpha value is -1.85. The summed E-state index contributed by atoms with van der Waals surface area (Å²) in [6, 6.07) is 2.63. The average Bonchev–Trinajstić information content (AvgIpc) is 2.76. The summed E-state index contributed by atoms with van der Waals surface area (Å²) in [5, 5.41) is 0. The molecule has 1 saturated heterocycles. The van der Waals surface area contributed by atoms with Gasteiger partial charge in [-0.05, 0) is 24.0 Å². The van der Waals surface area contributed by atoms with Crippen LogP contribution in [-0.4, -0.2) is 23.1 Å². The summed E-state index contributed by atoms with van der Waals surface area (Å²) < 4.78 is 39.2. The topological polar surface area (TPSA) is 29.0 Å². The lowest BCUT2D eigenvalue weighted by molar-refractivity contribution is -0.136. The fourth-order valence-electron chi connectivity index (χ4n) is 2.85. The van der Waals surface area contributed by atoms with Crippen molar-refractivity contribution >= 4 is 16.7 Å². The minimum atomic E-state index is -4.42. The van der Waals surface area contributed by atoms with Crippen molar-refractivity contribution in [3.05, 3.63) is 30.1 Å². The van der Waals surface area contributed by atoms with E-state index in [-0.39, 0.29) is 5.52 Å². The first kappa shape index (κ1) is 14.1. The molecule has 1 aromatic carbocycles. The molecule has 0 saturated carbocycles. The molecular weight excluding hydrogens is 279 g/mol. The summed E-state index contributed by atoms with van der Waals surface area (Å²) in [6.45, 7) is 5.97.